The SMILES string of the molecule is C#CCCCCNC(=O)NCCC(CCC(=O)O)C(C)C. The number of carbonyl (C=O) groups is 2. The maximum absolute atomic E-state index is 11.5. The normalized spacial score (nSPS) is 11.7. The minimum absolute atomic E-state index is 0.170. The highest BCUT2D eigenvalue weighted by Gasteiger charge is 2.15. The lowest BCUT2D eigenvalue weighted by Crippen LogP contribution is -2.37. The zero-order valence-electron chi connectivity index (χ0n) is 13.2. The summed E-state index contributed by atoms with van der Waals surface area (Å²) in [4.78, 5) is 22.1. The Morgan fingerprint density at radius 3 is 2.38 bits per heavy atom. The van der Waals surface area contributed by atoms with Gasteiger partial charge in [0.25, 0.3) is 0 Å². The van der Waals surface area contributed by atoms with Gasteiger partial charge in [-0.3, -0.25) is 4.79 Å². The maximum Gasteiger partial charge on any atom is 0.314 e. The minimum Gasteiger partial charge on any atom is -0.481 e. The van der Waals surface area contributed by atoms with Gasteiger partial charge >= 0.3 is 12.0 Å². The molecule has 21 heavy (non-hydrogen) atoms. The van der Waals surface area contributed by atoms with Crippen molar-refractivity contribution in [1.29, 1.82) is 0 Å². The van der Waals surface area contributed by atoms with Crippen LogP contribution in [0.2, 0.25) is 0 Å². The van der Waals surface area contributed by atoms with E-state index in [1.165, 1.54) is 0 Å². The van der Waals surface area contributed by atoms with Gasteiger partial charge in [0.1, 0.15) is 0 Å². The van der Waals surface area contributed by atoms with Gasteiger partial charge in [0.15, 0.2) is 0 Å². The zero-order valence-corrected chi connectivity index (χ0v) is 13.2. The predicted octanol–water partition coefficient (Wildman–Crippen LogP) is 2.62. The molecule has 0 saturated carbocycles. The first-order chi connectivity index (χ1) is 9.97. The summed E-state index contributed by atoms with van der Waals surface area (Å²) in [7, 11) is 0. The van der Waals surface area contributed by atoms with Gasteiger partial charge < -0.3 is 15.7 Å². The third kappa shape index (κ3) is 11.8. The summed E-state index contributed by atoms with van der Waals surface area (Å²) in [5, 5.41) is 14.3. The molecule has 1 unspecified atom stereocenters. The molecule has 1 atom stereocenters. The highest BCUT2D eigenvalue weighted by molar-refractivity contribution is 5.73. The van der Waals surface area contributed by atoms with E-state index < -0.39 is 5.97 Å². The molecule has 0 aromatic heterocycles. The average molecular weight is 296 g/mol. The molecule has 0 bridgehead atoms. The van der Waals surface area contributed by atoms with Crippen LogP contribution >= 0.6 is 0 Å². The Bertz CT molecular complexity index is 348. The van der Waals surface area contributed by atoms with Crippen LogP contribution in [0.1, 0.15) is 52.4 Å². The fourth-order valence-corrected chi connectivity index (χ4v) is 2.11. The van der Waals surface area contributed by atoms with E-state index in [1.807, 2.05) is 0 Å². The molecule has 0 heterocycles. The van der Waals surface area contributed by atoms with Crippen molar-refractivity contribution in [3.05, 3.63) is 0 Å². The summed E-state index contributed by atoms with van der Waals surface area (Å²) < 4.78 is 0. The van der Waals surface area contributed by atoms with E-state index in [4.69, 9.17) is 11.5 Å². The van der Waals surface area contributed by atoms with Gasteiger partial charge in [0.2, 0.25) is 0 Å². The molecule has 0 aliphatic rings. The monoisotopic (exact) mass is 296 g/mol. The lowest BCUT2D eigenvalue weighted by atomic mass is 9.88. The number of carboxylic acids is 1. The van der Waals surface area contributed by atoms with Gasteiger partial charge in [0, 0.05) is 25.9 Å². The number of carbonyl (C=O) groups excluding carboxylic acids is 1. The molecular weight excluding hydrogens is 268 g/mol. The van der Waals surface area contributed by atoms with Crippen LogP contribution in [-0.4, -0.2) is 30.2 Å². The second kappa shape index (κ2) is 12.1. The third-order valence-electron chi connectivity index (χ3n) is 3.51. The van der Waals surface area contributed by atoms with Crippen molar-refractivity contribution in [3.63, 3.8) is 0 Å². The number of aliphatic carboxylic acids is 1. The molecule has 5 heteroatoms. The third-order valence-corrected chi connectivity index (χ3v) is 3.51. The molecule has 0 aliphatic carbocycles. The second-order valence-electron chi connectivity index (χ2n) is 5.57. The van der Waals surface area contributed by atoms with Crippen LogP contribution in [0, 0.1) is 24.2 Å². The number of rotatable bonds is 11. The minimum atomic E-state index is -0.765. The van der Waals surface area contributed by atoms with Crippen LogP contribution in [0.25, 0.3) is 0 Å². The van der Waals surface area contributed by atoms with Crippen molar-refractivity contribution in [2.24, 2.45) is 11.8 Å². The largest absolute Gasteiger partial charge is 0.481 e. The molecular formula is C16H28N2O3. The Morgan fingerprint density at radius 1 is 1.14 bits per heavy atom. The number of hydrogen-bond donors (Lipinski definition) is 3. The van der Waals surface area contributed by atoms with Crippen LogP contribution in [0.5, 0.6) is 0 Å². The molecule has 3 N–H and O–H groups in total. The first-order valence-electron chi connectivity index (χ1n) is 7.64. The lowest BCUT2D eigenvalue weighted by Gasteiger charge is -2.20. The van der Waals surface area contributed by atoms with E-state index in [1.54, 1.807) is 0 Å². The fourth-order valence-electron chi connectivity index (χ4n) is 2.11. The topological polar surface area (TPSA) is 78.4 Å². The summed E-state index contributed by atoms with van der Waals surface area (Å²) in [5.74, 6) is 2.53. The van der Waals surface area contributed by atoms with E-state index in [-0.39, 0.29) is 12.5 Å². The number of amides is 2. The van der Waals surface area contributed by atoms with Crippen molar-refractivity contribution in [2.45, 2.75) is 52.4 Å². The number of terminal acetylenes is 1. The van der Waals surface area contributed by atoms with Gasteiger partial charge in [-0.25, -0.2) is 4.79 Å². The first kappa shape index (κ1) is 19.3. The molecule has 0 aromatic rings. The number of carboxylic acid groups (broad SMARTS) is 1. The van der Waals surface area contributed by atoms with Crippen LogP contribution < -0.4 is 10.6 Å². The highest BCUT2D eigenvalue weighted by Crippen LogP contribution is 2.20. The van der Waals surface area contributed by atoms with E-state index in [9.17, 15) is 9.59 Å². The highest BCUT2D eigenvalue weighted by atomic mass is 16.4. The quantitative estimate of drug-likeness (QED) is 0.405. The second-order valence-corrected chi connectivity index (χ2v) is 5.57. The van der Waals surface area contributed by atoms with E-state index >= 15 is 0 Å². The van der Waals surface area contributed by atoms with Crippen molar-refractivity contribution in [1.82, 2.24) is 10.6 Å². The standard InChI is InChI=1S/C16H28N2O3/c1-4-5-6-7-11-17-16(21)18-12-10-14(13(2)3)8-9-15(19)20/h1,13-14H,5-12H2,2-3H3,(H,19,20)(H2,17,18,21). The molecule has 2 amide bonds. The molecule has 0 aliphatic heterocycles. The van der Waals surface area contributed by atoms with Gasteiger partial charge in [-0.2, -0.15) is 0 Å². The fraction of sp³-hybridized carbons (Fsp3) is 0.750. The molecule has 0 aromatic carbocycles. The van der Waals surface area contributed by atoms with Crippen molar-refractivity contribution < 1.29 is 14.7 Å². The molecule has 5 nitrogen and oxygen atoms in total. The van der Waals surface area contributed by atoms with Crippen LogP contribution in [-0.2, 0) is 4.79 Å². The Balaban J connectivity index is 3.75. The van der Waals surface area contributed by atoms with E-state index in [0.29, 0.717) is 31.3 Å². The zero-order chi connectivity index (χ0) is 16.1. The summed E-state index contributed by atoms with van der Waals surface area (Å²) >= 11 is 0. The maximum atomic E-state index is 11.5. The number of nitrogens with one attached hydrogen (secondary N) is 2. The predicted molar refractivity (Wildman–Crippen MR) is 83.9 cm³/mol. The summed E-state index contributed by atoms with van der Waals surface area (Å²) in [6.07, 6.45) is 9.32. The molecule has 120 valence electrons. The number of urea groups is 1. The Labute approximate surface area is 127 Å². The van der Waals surface area contributed by atoms with Crippen molar-refractivity contribution in [2.75, 3.05) is 13.1 Å². The number of unbranched alkanes of at least 4 members (excludes halogenated alkanes) is 2. The van der Waals surface area contributed by atoms with Gasteiger partial charge in [-0.1, -0.05) is 13.8 Å². The van der Waals surface area contributed by atoms with E-state index in [2.05, 4.69) is 30.4 Å². The summed E-state index contributed by atoms with van der Waals surface area (Å²) in [6.45, 7) is 5.36. The lowest BCUT2D eigenvalue weighted by molar-refractivity contribution is -0.137. The van der Waals surface area contributed by atoms with E-state index in [0.717, 1.165) is 25.7 Å². The van der Waals surface area contributed by atoms with Gasteiger partial charge in [0.05, 0.1) is 0 Å². The number of hydrogen-bond acceptors (Lipinski definition) is 2. The van der Waals surface area contributed by atoms with Crippen LogP contribution in [0.3, 0.4) is 0 Å². The molecule has 0 saturated heterocycles. The summed E-state index contributed by atoms with van der Waals surface area (Å²) in [6, 6.07) is -0.170. The van der Waals surface area contributed by atoms with Crippen molar-refractivity contribution in [3.8, 4) is 12.3 Å². The molecule has 0 radical (unpaired) electrons. The van der Waals surface area contributed by atoms with Gasteiger partial charge in [-0.05, 0) is 37.5 Å². The van der Waals surface area contributed by atoms with Crippen molar-refractivity contribution >= 4 is 12.0 Å². The Morgan fingerprint density at radius 2 is 1.81 bits per heavy atom. The summed E-state index contributed by atoms with van der Waals surface area (Å²) in [5.41, 5.74) is 0. The smallest absolute Gasteiger partial charge is 0.314 e. The molecule has 0 spiro atoms. The Hall–Kier alpha value is -1.70. The average Bonchev–Trinajstić information content (AvgIpc) is 2.41. The molecule has 0 rings (SSSR count). The van der Waals surface area contributed by atoms with Crippen LogP contribution in [0.4, 0.5) is 4.79 Å². The molecule has 0 fully saturated rings. The first-order valence-corrected chi connectivity index (χ1v) is 7.64. The Kier molecular flexibility index (Phi) is 11.1. The van der Waals surface area contributed by atoms with Crippen LogP contribution in [0.15, 0.2) is 0 Å². The van der Waals surface area contributed by atoms with Gasteiger partial charge in [-0.15, -0.1) is 12.3 Å².